The molecule has 1 unspecified atom stereocenters. The fourth-order valence-corrected chi connectivity index (χ4v) is 2.84. The molecule has 3 rings (SSSR count). The molecule has 1 aromatic heterocycles. The van der Waals surface area contributed by atoms with Gasteiger partial charge in [0.25, 0.3) is 5.91 Å². The number of carbonyl (C=O) groups excluding carboxylic acids is 2. The van der Waals surface area contributed by atoms with Crippen molar-refractivity contribution in [1.29, 1.82) is 0 Å². The Labute approximate surface area is 140 Å². The number of aromatic nitrogens is 2. The summed E-state index contributed by atoms with van der Waals surface area (Å²) in [4.78, 5) is 34.2. The summed E-state index contributed by atoms with van der Waals surface area (Å²) in [5.41, 5.74) is 2.84. The molecule has 24 heavy (non-hydrogen) atoms. The standard InChI is InChI=1S/C18H19N3O3/c1-12-9-20-15(10-19-12)18(23)24-11-17(22)21-13(2)7-8-14-5-3-4-6-16(14)21/h3-6,9-10,13H,7-8,11H2,1-2H3. The van der Waals surface area contributed by atoms with Crippen LogP contribution in [0, 0.1) is 6.92 Å². The lowest BCUT2D eigenvalue weighted by atomic mass is 9.96. The average Bonchev–Trinajstić information content (AvgIpc) is 2.60. The molecule has 1 aliphatic heterocycles. The minimum atomic E-state index is -0.645. The van der Waals surface area contributed by atoms with E-state index < -0.39 is 5.97 Å². The van der Waals surface area contributed by atoms with Crippen LogP contribution in [0.4, 0.5) is 5.69 Å². The first kappa shape index (κ1) is 16.1. The number of carbonyl (C=O) groups is 2. The van der Waals surface area contributed by atoms with Gasteiger partial charge in [0.1, 0.15) is 0 Å². The number of aryl methyl sites for hydroxylation is 2. The van der Waals surface area contributed by atoms with Gasteiger partial charge in [-0.1, -0.05) is 18.2 Å². The third kappa shape index (κ3) is 3.27. The molecule has 0 radical (unpaired) electrons. The van der Waals surface area contributed by atoms with Gasteiger partial charge in [-0.3, -0.25) is 9.78 Å². The zero-order chi connectivity index (χ0) is 17.1. The Morgan fingerprint density at radius 1 is 1.25 bits per heavy atom. The van der Waals surface area contributed by atoms with Crippen LogP contribution in [0.15, 0.2) is 36.7 Å². The fourth-order valence-electron chi connectivity index (χ4n) is 2.84. The third-order valence-electron chi connectivity index (χ3n) is 4.11. The maximum Gasteiger partial charge on any atom is 0.359 e. The Hall–Kier alpha value is -2.76. The zero-order valence-corrected chi connectivity index (χ0v) is 13.7. The zero-order valence-electron chi connectivity index (χ0n) is 13.7. The van der Waals surface area contributed by atoms with Crippen molar-refractivity contribution in [2.24, 2.45) is 0 Å². The lowest BCUT2D eigenvalue weighted by molar-refractivity contribution is -0.122. The van der Waals surface area contributed by atoms with Gasteiger partial charge in [-0.2, -0.15) is 0 Å². The van der Waals surface area contributed by atoms with E-state index in [1.807, 2.05) is 31.2 Å². The van der Waals surface area contributed by atoms with E-state index in [4.69, 9.17) is 4.74 Å². The highest BCUT2D eigenvalue weighted by atomic mass is 16.5. The highest BCUT2D eigenvalue weighted by Crippen LogP contribution is 2.30. The molecule has 0 saturated carbocycles. The number of benzene rings is 1. The third-order valence-corrected chi connectivity index (χ3v) is 4.11. The number of fused-ring (bicyclic) bond motifs is 1. The molecule has 2 aromatic rings. The SMILES string of the molecule is Cc1cnc(C(=O)OCC(=O)N2c3ccccc3CCC2C)cn1. The second-order valence-corrected chi connectivity index (χ2v) is 5.90. The fraction of sp³-hybridized carbons (Fsp3) is 0.333. The van der Waals surface area contributed by atoms with Crippen LogP contribution in [0.5, 0.6) is 0 Å². The van der Waals surface area contributed by atoms with E-state index in [0.29, 0.717) is 5.69 Å². The summed E-state index contributed by atoms with van der Waals surface area (Å²) in [6.45, 7) is 3.47. The summed E-state index contributed by atoms with van der Waals surface area (Å²) >= 11 is 0. The second kappa shape index (κ2) is 6.78. The number of hydrogen-bond acceptors (Lipinski definition) is 5. The van der Waals surface area contributed by atoms with Gasteiger partial charge < -0.3 is 9.64 Å². The summed E-state index contributed by atoms with van der Waals surface area (Å²) in [5.74, 6) is -0.878. The van der Waals surface area contributed by atoms with Crippen molar-refractivity contribution in [3.63, 3.8) is 0 Å². The number of ether oxygens (including phenoxy) is 1. The molecule has 2 heterocycles. The van der Waals surface area contributed by atoms with Crippen molar-refractivity contribution in [2.75, 3.05) is 11.5 Å². The average molecular weight is 325 g/mol. The largest absolute Gasteiger partial charge is 0.451 e. The smallest absolute Gasteiger partial charge is 0.359 e. The van der Waals surface area contributed by atoms with Gasteiger partial charge in [-0.25, -0.2) is 9.78 Å². The van der Waals surface area contributed by atoms with Crippen molar-refractivity contribution < 1.29 is 14.3 Å². The molecule has 1 aliphatic rings. The maximum absolute atomic E-state index is 12.6. The van der Waals surface area contributed by atoms with Crippen LogP contribution in [-0.4, -0.2) is 34.5 Å². The summed E-state index contributed by atoms with van der Waals surface area (Å²) in [5, 5.41) is 0. The van der Waals surface area contributed by atoms with Crippen LogP contribution in [0.3, 0.4) is 0 Å². The molecule has 1 aromatic carbocycles. The Kier molecular flexibility index (Phi) is 4.55. The van der Waals surface area contributed by atoms with Gasteiger partial charge >= 0.3 is 5.97 Å². The van der Waals surface area contributed by atoms with E-state index in [9.17, 15) is 9.59 Å². The quantitative estimate of drug-likeness (QED) is 0.810. The molecular formula is C18H19N3O3. The van der Waals surface area contributed by atoms with E-state index in [1.54, 1.807) is 11.8 Å². The van der Waals surface area contributed by atoms with E-state index >= 15 is 0 Å². The molecule has 0 spiro atoms. The Morgan fingerprint density at radius 3 is 2.79 bits per heavy atom. The Bertz CT molecular complexity index is 758. The van der Waals surface area contributed by atoms with Gasteiger partial charge in [-0.15, -0.1) is 0 Å². The van der Waals surface area contributed by atoms with Gasteiger partial charge in [-0.05, 0) is 38.3 Å². The molecule has 6 heteroatoms. The first-order chi connectivity index (χ1) is 11.6. The van der Waals surface area contributed by atoms with E-state index in [0.717, 1.165) is 24.1 Å². The van der Waals surface area contributed by atoms with E-state index in [1.165, 1.54) is 12.4 Å². The van der Waals surface area contributed by atoms with E-state index in [-0.39, 0.29) is 24.2 Å². The molecule has 0 fully saturated rings. The lowest BCUT2D eigenvalue weighted by Gasteiger charge is -2.35. The normalized spacial score (nSPS) is 16.4. The van der Waals surface area contributed by atoms with Gasteiger partial charge in [0.15, 0.2) is 12.3 Å². The second-order valence-electron chi connectivity index (χ2n) is 5.90. The number of para-hydroxylation sites is 1. The summed E-state index contributed by atoms with van der Waals surface area (Å²) in [6, 6.07) is 7.90. The summed E-state index contributed by atoms with van der Waals surface area (Å²) in [7, 11) is 0. The molecule has 0 aliphatic carbocycles. The Balaban J connectivity index is 1.69. The molecule has 1 amide bonds. The first-order valence-corrected chi connectivity index (χ1v) is 7.92. The van der Waals surface area contributed by atoms with Crippen LogP contribution >= 0.6 is 0 Å². The first-order valence-electron chi connectivity index (χ1n) is 7.92. The Morgan fingerprint density at radius 2 is 2.04 bits per heavy atom. The summed E-state index contributed by atoms with van der Waals surface area (Å²) < 4.78 is 5.11. The highest BCUT2D eigenvalue weighted by Gasteiger charge is 2.28. The van der Waals surface area contributed by atoms with Crippen LogP contribution < -0.4 is 4.90 Å². The maximum atomic E-state index is 12.6. The molecule has 0 bridgehead atoms. The topological polar surface area (TPSA) is 72.4 Å². The van der Waals surface area contributed by atoms with E-state index in [2.05, 4.69) is 9.97 Å². The minimum Gasteiger partial charge on any atom is -0.451 e. The van der Waals surface area contributed by atoms with Crippen LogP contribution in [0.1, 0.15) is 35.1 Å². The van der Waals surface area contributed by atoms with Gasteiger partial charge in [0.05, 0.1) is 11.9 Å². The van der Waals surface area contributed by atoms with Gasteiger partial charge in [0, 0.05) is 17.9 Å². The van der Waals surface area contributed by atoms with Crippen LogP contribution in [0.2, 0.25) is 0 Å². The van der Waals surface area contributed by atoms with Gasteiger partial charge in [0.2, 0.25) is 0 Å². The number of esters is 1. The van der Waals surface area contributed by atoms with Crippen LogP contribution in [-0.2, 0) is 16.0 Å². The van der Waals surface area contributed by atoms with Crippen molar-refractivity contribution in [3.8, 4) is 0 Å². The molecule has 0 saturated heterocycles. The molecule has 1 atom stereocenters. The number of amides is 1. The van der Waals surface area contributed by atoms with Crippen molar-refractivity contribution >= 4 is 17.6 Å². The van der Waals surface area contributed by atoms with Crippen LogP contribution in [0.25, 0.3) is 0 Å². The number of nitrogens with zero attached hydrogens (tertiary/aromatic N) is 3. The molecule has 124 valence electrons. The molecule has 0 N–H and O–H groups in total. The monoisotopic (exact) mass is 325 g/mol. The minimum absolute atomic E-state index is 0.0743. The van der Waals surface area contributed by atoms with Crippen molar-refractivity contribution in [2.45, 2.75) is 32.7 Å². The van der Waals surface area contributed by atoms with Crippen molar-refractivity contribution in [3.05, 3.63) is 53.6 Å². The lowest BCUT2D eigenvalue weighted by Crippen LogP contribution is -2.44. The summed E-state index contributed by atoms with van der Waals surface area (Å²) in [6.07, 6.45) is 4.67. The molecular weight excluding hydrogens is 306 g/mol. The number of hydrogen-bond donors (Lipinski definition) is 0. The predicted octanol–water partition coefficient (Wildman–Crippen LogP) is 2.31. The van der Waals surface area contributed by atoms with Crippen molar-refractivity contribution in [1.82, 2.24) is 9.97 Å². The number of anilines is 1. The highest BCUT2D eigenvalue weighted by molar-refractivity contribution is 5.98. The predicted molar refractivity (Wildman–Crippen MR) is 88.8 cm³/mol. The number of rotatable bonds is 3. The molecule has 6 nitrogen and oxygen atoms in total.